The number of piperidine rings is 1. The lowest BCUT2D eigenvalue weighted by molar-refractivity contribution is -0.143. The quantitative estimate of drug-likeness (QED) is 0.809. The molecule has 28 heavy (non-hydrogen) atoms. The maximum Gasteiger partial charge on any atom is 0.236 e. The molecule has 4 rings (SSSR count). The highest BCUT2D eigenvalue weighted by Gasteiger charge is 2.35. The summed E-state index contributed by atoms with van der Waals surface area (Å²) in [4.78, 5) is 29.2. The number of fused-ring (bicyclic) bond motifs is 1. The van der Waals surface area contributed by atoms with Crippen LogP contribution >= 0.6 is 12.4 Å². The van der Waals surface area contributed by atoms with Gasteiger partial charge < -0.3 is 24.6 Å². The van der Waals surface area contributed by atoms with Gasteiger partial charge in [0.1, 0.15) is 18.1 Å². The van der Waals surface area contributed by atoms with Crippen LogP contribution in [0.25, 0.3) is 0 Å². The van der Waals surface area contributed by atoms with Crippen LogP contribution in [-0.4, -0.2) is 74.1 Å². The summed E-state index contributed by atoms with van der Waals surface area (Å²) >= 11 is 0. The fourth-order valence-corrected chi connectivity index (χ4v) is 4.33. The number of nitrogens with one attached hydrogen (secondary N) is 1. The van der Waals surface area contributed by atoms with Crippen LogP contribution < -0.4 is 14.8 Å². The first kappa shape index (κ1) is 20.7. The highest BCUT2D eigenvalue weighted by atomic mass is 35.5. The standard InChI is InChI=1S/C20H27N3O4.ClH/c1-26-17-4-5-18-14(10-17)9-15(13-27-18)20(25)22-7-2-3-16(12-22)23-8-6-21-11-19(23)24;/h4-5,10,15-16,21H,2-3,6-9,11-13H2,1H3;1H. The number of halogens is 1. The number of methoxy groups -OCH3 is 1. The molecule has 0 radical (unpaired) electrons. The highest BCUT2D eigenvalue weighted by Crippen LogP contribution is 2.32. The zero-order chi connectivity index (χ0) is 18.8. The Kier molecular flexibility index (Phi) is 6.67. The Labute approximate surface area is 171 Å². The minimum Gasteiger partial charge on any atom is -0.497 e. The molecule has 8 heteroatoms. The summed E-state index contributed by atoms with van der Waals surface area (Å²) in [6.45, 7) is 3.76. The smallest absolute Gasteiger partial charge is 0.236 e. The third-order valence-electron chi connectivity index (χ3n) is 5.80. The Bertz CT molecular complexity index is 729. The van der Waals surface area contributed by atoms with Crippen molar-refractivity contribution in [2.24, 2.45) is 5.92 Å². The van der Waals surface area contributed by atoms with E-state index in [-0.39, 0.29) is 36.2 Å². The Morgan fingerprint density at radius 1 is 1.32 bits per heavy atom. The second-order valence-electron chi connectivity index (χ2n) is 7.53. The molecule has 1 aromatic rings. The zero-order valence-corrected chi connectivity index (χ0v) is 17.0. The molecule has 0 aliphatic carbocycles. The van der Waals surface area contributed by atoms with Gasteiger partial charge in [0.25, 0.3) is 0 Å². The number of hydrogen-bond donors (Lipinski definition) is 1. The normalized spacial score (nSPS) is 24.7. The Balaban J connectivity index is 0.00000225. The minimum atomic E-state index is -0.179. The first-order valence-electron chi connectivity index (χ1n) is 9.74. The Morgan fingerprint density at radius 2 is 2.18 bits per heavy atom. The van der Waals surface area contributed by atoms with E-state index in [4.69, 9.17) is 9.47 Å². The number of likely N-dealkylation sites (tertiary alicyclic amines) is 1. The van der Waals surface area contributed by atoms with Crippen LogP contribution in [0.2, 0.25) is 0 Å². The number of amides is 2. The maximum atomic E-state index is 13.1. The molecule has 2 fully saturated rings. The van der Waals surface area contributed by atoms with Crippen LogP contribution in [0.1, 0.15) is 18.4 Å². The van der Waals surface area contributed by atoms with Crippen LogP contribution in [0.15, 0.2) is 18.2 Å². The fraction of sp³-hybridized carbons (Fsp3) is 0.600. The summed E-state index contributed by atoms with van der Waals surface area (Å²) in [5.74, 6) is 1.71. The van der Waals surface area contributed by atoms with Gasteiger partial charge in [-0.05, 0) is 43.0 Å². The molecular weight excluding hydrogens is 382 g/mol. The van der Waals surface area contributed by atoms with Gasteiger partial charge >= 0.3 is 0 Å². The molecule has 3 aliphatic rings. The molecule has 0 spiro atoms. The van der Waals surface area contributed by atoms with Crippen LogP contribution in [0, 0.1) is 5.92 Å². The van der Waals surface area contributed by atoms with Crippen molar-refractivity contribution in [2.45, 2.75) is 25.3 Å². The minimum absolute atomic E-state index is 0. The van der Waals surface area contributed by atoms with E-state index in [1.165, 1.54) is 0 Å². The molecule has 2 amide bonds. The van der Waals surface area contributed by atoms with Crippen LogP contribution in [0.5, 0.6) is 11.5 Å². The van der Waals surface area contributed by atoms with Crippen molar-refractivity contribution in [1.82, 2.24) is 15.1 Å². The predicted octanol–water partition coefficient (Wildman–Crippen LogP) is 1.09. The number of benzene rings is 1. The number of hydrogen-bond acceptors (Lipinski definition) is 5. The second kappa shape index (κ2) is 9.01. The fourth-order valence-electron chi connectivity index (χ4n) is 4.33. The zero-order valence-electron chi connectivity index (χ0n) is 16.2. The SMILES string of the molecule is COc1ccc2c(c1)CC(C(=O)N1CCCC(N3CCNCC3=O)C1)CO2.Cl. The van der Waals surface area contributed by atoms with Crippen molar-refractivity contribution in [2.75, 3.05) is 46.4 Å². The van der Waals surface area contributed by atoms with E-state index in [9.17, 15) is 9.59 Å². The molecular formula is C20H28ClN3O4. The maximum absolute atomic E-state index is 13.1. The summed E-state index contributed by atoms with van der Waals surface area (Å²) in [7, 11) is 1.64. The predicted molar refractivity (Wildman–Crippen MR) is 107 cm³/mol. The van der Waals surface area contributed by atoms with Gasteiger partial charge in [-0.15, -0.1) is 12.4 Å². The van der Waals surface area contributed by atoms with E-state index in [0.29, 0.717) is 26.1 Å². The van der Waals surface area contributed by atoms with Gasteiger partial charge in [0.2, 0.25) is 11.8 Å². The third-order valence-corrected chi connectivity index (χ3v) is 5.80. The monoisotopic (exact) mass is 409 g/mol. The molecule has 1 N–H and O–H groups in total. The van der Waals surface area contributed by atoms with Crippen molar-refractivity contribution < 1.29 is 19.1 Å². The number of ether oxygens (including phenoxy) is 2. The molecule has 2 unspecified atom stereocenters. The van der Waals surface area contributed by atoms with Gasteiger partial charge in [-0.3, -0.25) is 9.59 Å². The average molecular weight is 410 g/mol. The van der Waals surface area contributed by atoms with Gasteiger partial charge in [0.05, 0.1) is 19.6 Å². The highest BCUT2D eigenvalue weighted by molar-refractivity contribution is 5.85. The summed E-state index contributed by atoms with van der Waals surface area (Å²) in [6, 6.07) is 5.87. The van der Waals surface area contributed by atoms with Crippen molar-refractivity contribution in [3.63, 3.8) is 0 Å². The van der Waals surface area contributed by atoms with Gasteiger partial charge in [-0.1, -0.05) is 0 Å². The lowest BCUT2D eigenvalue weighted by Crippen LogP contribution is -2.58. The molecule has 0 aromatic heterocycles. The van der Waals surface area contributed by atoms with Crippen LogP contribution in [0.4, 0.5) is 0 Å². The average Bonchev–Trinajstić information content (AvgIpc) is 2.72. The van der Waals surface area contributed by atoms with Crippen molar-refractivity contribution in [3.8, 4) is 11.5 Å². The summed E-state index contributed by atoms with van der Waals surface area (Å²) in [5, 5.41) is 3.11. The van der Waals surface area contributed by atoms with Gasteiger partial charge in [-0.25, -0.2) is 0 Å². The van der Waals surface area contributed by atoms with E-state index >= 15 is 0 Å². The number of nitrogens with zero attached hydrogens (tertiary/aromatic N) is 2. The van der Waals surface area contributed by atoms with Gasteiger partial charge in [0.15, 0.2) is 0 Å². The number of carbonyl (C=O) groups is 2. The molecule has 2 atom stereocenters. The molecule has 1 aromatic carbocycles. The van der Waals surface area contributed by atoms with E-state index < -0.39 is 0 Å². The molecule has 7 nitrogen and oxygen atoms in total. The number of rotatable bonds is 3. The van der Waals surface area contributed by atoms with E-state index in [2.05, 4.69) is 5.32 Å². The van der Waals surface area contributed by atoms with Crippen LogP contribution in [0.3, 0.4) is 0 Å². The van der Waals surface area contributed by atoms with E-state index in [1.54, 1.807) is 7.11 Å². The number of carbonyl (C=O) groups excluding carboxylic acids is 2. The van der Waals surface area contributed by atoms with E-state index in [0.717, 1.165) is 49.5 Å². The van der Waals surface area contributed by atoms with Gasteiger partial charge in [0, 0.05) is 32.2 Å². The first-order valence-corrected chi connectivity index (χ1v) is 9.74. The Morgan fingerprint density at radius 3 is 2.96 bits per heavy atom. The van der Waals surface area contributed by atoms with Crippen LogP contribution in [-0.2, 0) is 16.0 Å². The lowest BCUT2D eigenvalue weighted by Gasteiger charge is -2.42. The molecule has 3 aliphatic heterocycles. The molecule has 0 saturated carbocycles. The largest absolute Gasteiger partial charge is 0.497 e. The van der Waals surface area contributed by atoms with Gasteiger partial charge in [-0.2, -0.15) is 0 Å². The molecule has 2 saturated heterocycles. The second-order valence-corrected chi connectivity index (χ2v) is 7.53. The van der Waals surface area contributed by atoms with E-state index in [1.807, 2.05) is 28.0 Å². The lowest BCUT2D eigenvalue weighted by atomic mass is 9.93. The summed E-state index contributed by atoms with van der Waals surface area (Å²) in [5.41, 5.74) is 1.02. The van der Waals surface area contributed by atoms with Crippen molar-refractivity contribution in [1.29, 1.82) is 0 Å². The molecule has 154 valence electrons. The molecule has 0 bridgehead atoms. The molecule has 3 heterocycles. The number of piperazine rings is 1. The summed E-state index contributed by atoms with van der Waals surface area (Å²) < 4.78 is 11.1. The third kappa shape index (κ3) is 4.20. The van der Waals surface area contributed by atoms with Crippen molar-refractivity contribution in [3.05, 3.63) is 23.8 Å². The first-order chi connectivity index (χ1) is 13.2. The topological polar surface area (TPSA) is 71.1 Å². The summed E-state index contributed by atoms with van der Waals surface area (Å²) in [6.07, 6.45) is 2.57. The Hall–Kier alpha value is -1.99. The van der Waals surface area contributed by atoms with Crippen molar-refractivity contribution >= 4 is 24.2 Å².